The number of hydrogen-bond donors (Lipinski definition) is 0. The SMILES string of the molecule is CCC=CC(C)OC(=O)CCCC. The van der Waals surface area contributed by atoms with E-state index in [1.165, 1.54) is 0 Å². The third-order valence-corrected chi connectivity index (χ3v) is 1.69. The topological polar surface area (TPSA) is 26.3 Å². The van der Waals surface area contributed by atoms with Gasteiger partial charge in [0.15, 0.2) is 0 Å². The molecule has 1 atom stereocenters. The minimum atomic E-state index is -0.0879. The van der Waals surface area contributed by atoms with Gasteiger partial charge >= 0.3 is 5.97 Å². The summed E-state index contributed by atoms with van der Waals surface area (Å²) in [6.45, 7) is 6.01. The van der Waals surface area contributed by atoms with Crippen LogP contribution in [0.25, 0.3) is 0 Å². The fourth-order valence-electron chi connectivity index (χ4n) is 0.954. The molecule has 2 heteroatoms. The van der Waals surface area contributed by atoms with E-state index in [1.807, 2.05) is 19.1 Å². The average molecular weight is 184 g/mol. The zero-order valence-electron chi connectivity index (χ0n) is 8.88. The first-order chi connectivity index (χ1) is 6.20. The molecular formula is C11H20O2. The Morgan fingerprint density at radius 1 is 1.46 bits per heavy atom. The maximum absolute atomic E-state index is 11.1. The van der Waals surface area contributed by atoms with Gasteiger partial charge in [0, 0.05) is 6.42 Å². The van der Waals surface area contributed by atoms with E-state index < -0.39 is 0 Å². The highest BCUT2D eigenvalue weighted by atomic mass is 16.5. The van der Waals surface area contributed by atoms with E-state index in [0.717, 1.165) is 19.3 Å². The van der Waals surface area contributed by atoms with Crippen LogP contribution in [0.2, 0.25) is 0 Å². The van der Waals surface area contributed by atoms with Crippen molar-refractivity contribution in [2.75, 3.05) is 0 Å². The molecule has 76 valence electrons. The fourth-order valence-corrected chi connectivity index (χ4v) is 0.954. The predicted octanol–water partition coefficient (Wildman–Crippen LogP) is 3.07. The summed E-state index contributed by atoms with van der Waals surface area (Å²) in [6, 6.07) is 0. The lowest BCUT2D eigenvalue weighted by molar-refractivity contribution is -0.146. The molecule has 13 heavy (non-hydrogen) atoms. The molecule has 0 fully saturated rings. The molecule has 0 aliphatic rings. The molecule has 0 rings (SSSR count). The van der Waals surface area contributed by atoms with Crippen molar-refractivity contribution in [1.29, 1.82) is 0 Å². The van der Waals surface area contributed by atoms with E-state index in [1.54, 1.807) is 0 Å². The summed E-state index contributed by atoms with van der Waals surface area (Å²) in [7, 11) is 0. The van der Waals surface area contributed by atoms with Crippen LogP contribution < -0.4 is 0 Å². The predicted molar refractivity (Wildman–Crippen MR) is 54.5 cm³/mol. The molecule has 0 radical (unpaired) electrons. The highest BCUT2D eigenvalue weighted by Gasteiger charge is 2.04. The van der Waals surface area contributed by atoms with Crippen LogP contribution in [0.1, 0.15) is 46.5 Å². The van der Waals surface area contributed by atoms with Crippen molar-refractivity contribution < 1.29 is 9.53 Å². The molecule has 1 unspecified atom stereocenters. The number of unbranched alkanes of at least 4 members (excludes halogenated alkanes) is 1. The second-order valence-electron chi connectivity index (χ2n) is 3.13. The van der Waals surface area contributed by atoms with Crippen LogP contribution in [0.4, 0.5) is 0 Å². The van der Waals surface area contributed by atoms with Crippen molar-refractivity contribution in [2.24, 2.45) is 0 Å². The molecule has 0 aliphatic carbocycles. The molecular weight excluding hydrogens is 164 g/mol. The monoisotopic (exact) mass is 184 g/mol. The Kier molecular flexibility index (Phi) is 7.36. The summed E-state index contributed by atoms with van der Waals surface area (Å²) in [5.74, 6) is -0.0879. The quantitative estimate of drug-likeness (QED) is 0.468. The van der Waals surface area contributed by atoms with Crippen LogP contribution >= 0.6 is 0 Å². The van der Waals surface area contributed by atoms with Crippen LogP contribution in [0, 0.1) is 0 Å². The Labute approximate surface area is 81.0 Å². The number of rotatable bonds is 6. The zero-order valence-corrected chi connectivity index (χ0v) is 8.88. The maximum Gasteiger partial charge on any atom is 0.306 e. The van der Waals surface area contributed by atoms with Gasteiger partial charge in [0.1, 0.15) is 6.10 Å². The van der Waals surface area contributed by atoms with Gasteiger partial charge in [-0.15, -0.1) is 0 Å². The second kappa shape index (κ2) is 7.84. The van der Waals surface area contributed by atoms with Gasteiger partial charge in [-0.3, -0.25) is 4.79 Å². The van der Waals surface area contributed by atoms with E-state index in [0.29, 0.717) is 6.42 Å². The van der Waals surface area contributed by atoms with Gasteiger partial charge in [-0.1, -0.05) is 26.3 Å². The van der Waals surface area contributed by atoms with Gasteiger partial charge in [-0.2, -0.15) is 0 Å². The molecule has 0 saturated heterocycles. The normalized spacial score (nSPS) is 13.2. The number of hydrogen-bond acceptors (Lipinski definition) is 2. The fraction of sp³-hybridized carbons (Fsp3) is 0.727. The van der Waals surface area contributed by atoms with Crippen LogP contribution in [-0.2, 0) is 9.53 Å². The summed E-state index contributed by atoms with van der Waals surface area (Å²) in [6.07, 6.45) is 7.33. The smallest absolute Gasteiger partial charge is 0.306 e. The summed E-state index contributed by atoms with van der Waals surface area (Å²) in [5, 5.41) is 0. The van der Waals surface area contributed by atoms with Crippen molar-refractivity contribution in [1.82, 2.24) is 0 Å². The molecule has 0 aliphatic heterocycles. The van der Waals surface area contributed by atoms with E-state index in [2.05, 4.69) is 13.8 Å². The molecule has 0 aromatic rings. The molecule has 0 bridgehead atoms. The molecule has 0 amide bonds. The first-order valence-electron chi connectivity index (χ1n) is 5.06. The molecule has 0 aromatic heterocycles. The standard InChI is InChI=1S/C11H20O2/c1-4-6-8-10(3)13-11(12)9-7-5-2/h6,8,10H,4-5,7,9H2,1-3H3. The summed E-state index contributed by atoms with van der Waals surface area (Å²) >= 11 is 0. The van der Waals surface area contributed by atoms with Gasteiger partial charge in [-0.25, -0.2) is 0 Å². The Morgan fingerprint density at radius 3 is 2.69 bits per heavy atom. The van der Waals surface area contributed by atoms with Crippen molar-refractivity contribution in [3.8, 4) is 0 Å². The third-order valence-electron chi connectivity index (χ3n) is 1.69. The number of esters is 1. The van der Waals surface area contributed by atoms with E-state index in [4.69, 9.17) is 4.74 Å². The highest BCUT2D eigenvalue weighted by Crippen LogP contribution is 2.01. The lowest BCUT2D eigenvalue weighted by Gasteiger charge is -2.08. The summed E-state index contributed by atoms with van der Waals surface area (Å²) in [5.41, 5.74) is 0. The zero-order chi connectivity index (χ0) is 10.1. The van der Waals surface area contributed by atoms with E-state index in [-0.39, 0.29) is 12.1 Å². The number of carbonyl (C=O) groups excluding carboxylic acids is 1. The van der Waals surface area contributed by atoms with Crippen molar-refractivity contribution >= 4 is 5.97 Å². The lowest BCUT2D eigenvalue weighted by atomic mass is 10.2. The molecule has 0 aromatic carbocycles. The van der Waals surface area contributed by atoms with Crippen LogP contribution in [0.5, 0.6) is 0 Å². The number of ether oxygens (including phenoxy) is 1. The first kappa shape index (κ1) is 12.2. The van der Waals surface area contributed by atoms with E-state index >= 15 is 0 Å². The van der Waals surface area contributed by atoms with Crippen molar-refractivity contribution in [2.45, 2.75) is 52.6 Å². The van der Waals surface area contributed by atoms with Gasteiger partial charge in [-0.05, 0) is 25.8 Å². The third kappa shape index (κ3) is 7.57. The van der Waals surface area contributed by atoms with Crippen LogP contribution in [0.15, 0.2) is 12.2 Å². The van der Waals surface area contributed by atoms with Crippen LogP contribution in [-0.4, -0.2) is 12.1 Å². The van der Waals surface area contributed by atoms with Crippen molar-refractivity contribution in [3.05, 3.63) is 12.2 Å². The van der Waals surface area contributed by atoms with Gasteiger partial charge in [0.25, 0.3) is 0 Å². The number of allylic oxidation sites excluding steroid dienone is 1. The summed E-state index contributed by atoms with van der Waals surface area (Å²) < 4.78 is 5.13. The van der Waals surface area contributed by atoms with Gasteiger partial charge < -0.3 is 4.74 Å². The molecule has 2 nitrogen and oxygen atoms in total. The van der Waals surface area contributed by atoms with Crippen LogP contribution in [0.3, 0.4) is 0 Å². The van der Waals surface area contributed by atoms with E-state index in [9.17, 15) is 4.79 Å². The average Bonchev–Trinajstić information content (AvgIpc) is 2.11. The first-order valence-corrected chi connectivity index (χ1v) is 5.06. The summed E-state index contributed by atoms with van der Waals surface area (Å²) in [4.78, 5) is 11.1. The minimum Gasteiger partial charge on any atom is -0.458 e. The number of carbonyl (C=O) groups is 1. The Hall–Kier alpha value is -0.790. The molecule has 0 N–H and O–H groups in total. The lowest BCUT2D eigenvalue weighted by Crippen LogP contribution is -2.12. The molecule has 0 heterocycles. The van der Waals surface area contributed by atoms with Gasteiger partial charge in [0.05, 0.1) is 0 Å². The Bertz CT molecular complexity index is 161. The Morgan fingerprint density at radius 2 is 2.15 bits per heavy atom. The molecule has 0 saturated carbocycles. The highest BCUT2D eigenvalue weighted by molar-refractivity contribution is 5.69. The van der Waals surface area contributed by atoms with Gasteiger partial charge in [0.2, 0.25) is 0 Å². The largest absolute Gasteiger partial charge is 0.458 e. The Balaban J connectivity index is 3.58. The maximum atomic E-state index is 11.1. The van der Waals surface area contributed by atoms with Crippen molar-refractivity contribution in [3.63, 3.8) is 0 Å². The molecule has 0 spiro atoms. The second-order valence-corrected chi connectivity index (χ2v) is 3.13. The minimum absolute atomic E-state index is 0.0793.